The fourth-order valence-corrected chi connectivity index (χ4v) is 1.81. The third-order valence-electron chi connectivity index (χ3n) is 2.53. The van der Waals surface area contributed by atoms with Crippen molar-refractivity contribution in [2.45, 2.75) is 19.4 Å². The van der Waals surface area contributed by atoms with E-state index in [0.717, 1.165) is 17.1 Å². The molecule has 0 aliphatic carbocycles. The molecule has 0 bridgehead atoms. The molecule has 0 N–H and O–H groups in total. The van der Waals surface area contributed by atoms with Crippen LogP contribution in [0, 0.1) is 6.20 Å². The summed E-state index contributed by atoms with van der Waals surface area (Å²) in [4.78, 5) is 8.12. The zero-order chi connectivity index (χ0) is 9.05. The van der Waals surface area contributed by atoms with E-state index < -0.39 is 0 Å². The molecule has 2 aromatic heterocycles. The maximum atomic E-state index is 5.35. The molecule has 3 heterocycles. The molecule has 1 aliphatic heterocycles. The molecular weight excluding hydrogens is 358 g/mol. The molecule has 4 nitrogen and oxygen atoms in total. The van der Waals surface area contributed by atoms with E-state index in [2.05, 4.69) is 30.0 Å². The minimum atomic E-state index is -0.186. The molecule has 1 aliphatic rings. The number of fused-ring (bicyclic) bond motifs is 3. The summed E-state index contributed by atoms with van der Waals surface area (Å²) in [5.74, 6) is 0.890. The Morgan fingerprint density at radius 3 is 3.07 bits per heavy atom. The number of hydrogen-bond acceptors (Lipinski definition) is 3. The van der Waals surface area contributed by atoms with E-state index in [-0.39, 0.29) is 25.6 Å². The van der Waals surface area contributed by atoms with Crippen molar-refractivity contribution < 1.29 is 24.5 Å². The van der Waals surface area contributed by atoms with Gasteiger partial charge in [0.25, 0.3) is 0 Å². The van der Waals surface area contributed by atoms with Gasteiger partial charge >= 0.3 is 0 Å². The van der Waals surface area contributed by atoms with Crippen LogP contribution in [0.4, 0.5) is 0 Å². The molecule has 0 fully saturated rings. The van der Waals surface area contributed by atoms with E-state index in [9.17, 15) is 0 Å². The van der Waals surface area contributed by atoms with Gasteiger partial charge < -0.3 is 14.0 Å². The first-order valence-corrected chi connectivity index (χ1v) is 4.11. The minimum Gasteiger partial charge on any atom is -0.459 e. The van der Waals surface area contributed by atoms with Gasteiger partial charge in [0.2, 0.25) is 0 Å². The van der Waals surface area contributed by atoms with Crippen LogP contribution in [-0.4, -0.2) is 14.5 Å². The average Bonchev–Trinajstić information content (AvgIpc) is 2.74. The maximum Gasteiger partial charge on any atom is 0.167 e. The standard InChI is InChI=1S/C9H8N3O.Ir/c1-9(2)8-7(11-5-13-8)6-3-10-4-12(6)9;/h4-5H,1-2H3;/q-1;. The van der Waals surface area contributed by atoms with E-state index in [1.54, 1.807) is 6.33 Å². The Morgan fingerprint density at radius 2 is 2.29 bits per heavy atom. The number of imidazole rings is 1. The van der Waals surface area contributed by atoms with Crippen molar-refractivity contribution in [3.63, 3.8) is 0 Å². The number of nitrogens with zero attached hydrogens (tertiary/aromatic N) is 3. The van der Waals surface area contributed by atoms with Crippen molar-refractivity contribution in [2.75, 3.05) is 0 Å². The van der Waals surface area contributed by atoms with E-state index in [0.29, 0.717) is 0 Å². The predicted molar refractivity (Wildman–Crippen MR) is 45.0 cm³/mol. The monoisotopic (exact) mass is 367 g/mol. The molecule has 0 spiro atoms. The maximum absolute atomic E-state index is 5.35. The van der Waals surface area contributed by atoms with Gasteiger partial charge in [0, 0.05) is 25.8 Å². The summed E-state index contributed by atoms with van der Waals surface area (Å²) in [6.07, 6.45) is 6.13. The molecule has 0 amide bonds. The van der Waals surface area contributed by atoms with Crippen LogP contribution in [0.5, 0.6) is 0 Å². The fourth-order valence-electron chi connectivity index (χ4n) is 1.81. The number of aromatic nitrogens is 3. The van der Waals surface area contributed by atoms with Crippen molar-refractivity contribution in [1.82, 2.24) is 14.5 Å². The molecule has 0 saturated carbocycles. The number of hydrogen-bond donors (Lipinski definition) is 0. The molecule has 1 radical (unpaired) electrons. The van der Waals surface area contributed by atoms with Gasteiger partial charge in [-0.2, -0.15) is 0 Å². The predicted octanol–water partition coefficient (Wildman–Crippen LogP) is 1.43. The summed E-state index contributed by atoms with van der Waals surface area (Å²) in [6.45, 7) is 4.14. The summed E-state index contributed by atoms with van der Waals surface area (Å²) < 4.78 is 7.37. The third-order valence-corrected chi connectivity index (χ3v) is 2.53. The number of rotatable bonds is 0. The molecule has 75 valence electrons. The summed E-state index contributed by atoms with van der Waals surface area (Å²) in [5, 5.41) is 0. The van der Waals surface area contributed by atoms with Gasteiger partial charge in [-0.25, -0.2) is 0 Å². The Balaban J connectivity index is 0.000000750. The minimum absolute atomic E-state index is 0. The largest absolute Gasteiger partial charge is 0.459 e. The normalized spacial score (nSPS) is 15.9. The van der Waals surface area contributed by atoms with Crippen molar-refractivity contribution >= 4 is 0 Å². The van der Waals surface area contributed by atoms with Gasteiger partial charge in [-0.15, -0.1) is 0 Å². The Hall–Kier alpha value is -0.931. The summed E-state index contributed by atoms with van der Waals surface area (Å²) >= 11 is 0. The van der Waals surface area contributed by atoms with Crippen LogP contribution < -0.4 is 0 Å². The molecule has 0 aromatic carbocycles. The van der Waals surface area contributed by atoms with Gasteiger partial charge in [0.1, 0.15) is 5.76 Å². The van der Waals surface area contributed by atoms with Crippen molar-refractivity contribution in [1.29, 1.82) is 0 Å². The summed E-state index contributed by atoms with van der Waals surface area (Å²) in [7, 11) is 0. The number of oxazole rings is 1. The topological polar surface area (TPSA) is 43.9 Å². The molecule has 0 atom stereocenters. The molecule has 2 aromatic rings. The van der Waals surface area contributed by atoms with Crippen LogP contribution in [-0.2, 0) is 25.6 Å². The molecular formula is C9H8IrN3O-. The van der Waals surface area contributed by atoms with E-state index >= 15 is 0 Å². The first-order chi connectivity index (χ1) is 6.21. The Kier molecular flexibility index (Phi) is 1.91. The van der Waals surface area contributed by atoms with Gasteiger partial charge in [0.15, 0.2) is 6.39 Å². The van der Waals surface area contributed by atoms with E-state index in [1.165, 1.54) is 6.39 Å². The molecule has 3 rings (SSSR count). The second kappa shape index (κ2) is 2.78. The molecule has 14 heavy (non-hydrogen) atoms. The van der Waals surface area contributed by atoms with Crippen LogP contribution in [0.3, 0.4) is 0 Å². The quantitative estimate of drug-likeness (QED) is 0.663. The van der Waals surface area contributed by atoms with Crippen LogP contribution in [0.25, 0.3) is 11.4 Å². The Morgan fingerprint density at radius 1 is 1.50 bits per heavy atom. The smallest absolute Gasteiger partial charge is 0.167 e. The Labute approximate surface area is 94.7 Å². The average molecular weight is 366 g/mol. The van der Waals surface area contributed by atoms with Crippen LogP contribution in [0.1, 0.15) is 19.6 Å². The van der Waals surface area contributed by atoms with E-state index in [4.69, 9.17) is 4.42 Å². The Bertz CT molecular complexity index is 430. The van der Waals surface area contributed by atoms with Crippen LogP contribution >= 0.6 is 0 Å². The molecule has 0 unspecified atom stereocenters. The second-order valence-electron chi connectivity index (χ2n) is 3.66. The van der Waals surface area contributed by atoms with Gasteiger partial charge in [-0.05, 0) is 25.9 Å². The molecule has 5 heteroatoms. The zero-order valence-corrected chi connectivity index (χ0v) is 10.1. The van der Waals surface area contributed by atoms with Crippen molar-refractivity contribution in [3.8, 4) is 11.4 Å². The third kappa shape index (κ3) is 0.913. The zero-order valence-electron chi connectivity index (χ0n) is 7.74. The van der Waals surface area contributed by atoms with Crippen molar-refractivity contribution in [3.05, 3.63) is 24.7 Å². The van der Waals surface area contributed by atoms with Gasteiger partial charge in [0.05, 0.1) is 5.54 Å². The second-order valence-corrected chi connectivity index (χ2v) is 3.66. The van der Waals surface area contributed by atoms with Gasteiger partial charge in [-0.3, -0.25) is 4.98 Å². The first kappa shape index (κ1) is 9.62. The summed E-state index contributed by atoms with van der Waals surface area (Å²) in [6, 6.07) is 0. The van der Waals surface area contributed by atoms with Gasteiger partial charge in [-0.1, -0.05) is 6.20 Å². The molecule has 0 saturated heterocycles. The summed E-state index contributed by atoms with van der Waals surface area (Å²) in [5.41, 5.74) is 1.59. The van der Waals surface area contributed by atoms with Crippen molar-refractivity contribution in [2.24, 2.45) is 0 Å². The first-order valence-electron chi connectivity index (χ1n) is 4.11. The SMILES string of the molecule is CC1(C)c2ocnc2-c2[c-]ncn21.[Ir]. The van der Waals surface area contributed by atoms with Crippen LogP contribution in [0.15, 0.2) is 17.1 Å². The van der Waals surface area contributed by atoms with Crippen LogP contribution in [0.2, 0.25) is 0 Å². The van der Waals surface area contributed by atoms with E-state index in [1.807, 2.05) is 4.57 Å². The fraction of sp³-hybridized carbons (Fsp3) is 0.333.